The standard InChI is InChI=1S/C29H40FN/c1-17(2)31-27-13-9-21(15-26(27)30)24-16-29(5)19(4)7-12-25(29)23-11-8-20-14-18(3)6-10-22(20)28(23)24/h9,13-15,17,19,22-25,28,31H,3,6-8,10-12,16H2,1-2,4-5H3. The van der Waals surface area contributed by atoms with Gasteiger partial charge in [0.2, 0.25) is 0 Å². The first-order valence-corrected chi connectivity index (χ1v) is 12.7. The van der Waals surface area contributed by atoms with E-state index in [9.17, 15) is 0 Å². The minimum absolute atomic E-state index is 0.0851. The first-order valence-electron chi connectivity index (χ1n) is 12.7. The third-order valence-electron chi connectivity index (χ3n) is 9.76. The average Bonchev–Trinajstić information content (AvgIpc) is 3.02. The summed E-state index contributed by atoms with van der Waals surface area (Å²) in [6, 6.07) is 6.34. The predicted octanol–water partition coefficient (Wildman–Crippen LogP) is 8.10. The highest BCUT2D eigenvalue weighted by Crippen LogP contribution is 2.67. The molecule has 0 aliphatic heterocycles. The summed E-state index contributed by atoms with van der Waals surface area (Å²) in [6.07, 6.45) is 11.4. The minimum Gasteiger partial charge on any atom is -0.381 e. The lowest BCUT2D eigenvalue weighted by atomic mass is 9.47. The molecule has 3 saturated carbocycles. The molecule has 3 fully saturated rings. The van der Waals surface area contributed by atoms with Gasteiger partial charge in [0.1, 0.15) is 5.82 Å². The van der Waals surface area contributed by atoms with Crippen molar-refractivity contribution in [2.75, 3.05) is 5.32 Å². The van der Waals surface area contributed by atoms with E-state index < -0.39 is 0 Å². The van der Waals surface area contributed by atoms with Gasteiger partial charge < -0.3 is 5.32 Å². The largest absolute Gasteiger partial charge is 0.381 e. The molecule has 4 aliphatic rings. The minimum atomic E-state index is -0.0851. The molecule has 168 valence electrons. The summed E-state index contributed by atoms with van der Waals surface area (Å²) in [5.41, 5.74) is 5.24. The van der Waals surface area contributed by atoms with Gasteiger partial charge in [-0.25, -0.2) is 4.39 Å². The van der Waals surface area contributed by atoms with Crippen LogP contribution in [0.25, 0.3) is 0 Å². The van der Waals surface area contributed by atoms with Crippen LogP contribution in [0.2, 0.25) is 0 Å². The van der Waals surface area contributed by atoms with Crippen LogP contribution in [0.3, 0.4) is 0 Å². The summed E-state index contributed by atoms with van der Waals surface area (Å²) in [5.74, 6) is 4.13. The van der Waals surface area contributed by atoms with Crippen molar-refractivity contribution in [1.29, 1.82) is 0 Å². The van der Waals surface area contributed by atoms with Crippen LogP contribution < -0.4 is 5.32 Å². The number of hydrogen-bond acceptors (Lipinski definition) is 1. The lowest BCUT2D eigenvalue weighted by molar-refractivity contribution is -0.0341. The third kappa shape index (κ3) is 3.49. The quantitative estimate of drug-likeness (QED) is 0.520. The smallest absolute Gasteiger partial charge is 0.146 e. The van der Waals surface area contributed by atoms with Crippen LogP contribution in [-0.2, 0) is 0 Å². The zero-order valence-electron chi connectivity index (χ0n) is 19.9. The molecule has 1 aromatic carbocycles. The second-order valence-electron chi connectivity index (χ2n) is 11.7. The second kappa shape index (κ2) is 7.78. The van der Waals surface area contributed by atoms with Gasteiger partial charge in [-0.3, -0.25) is 0 Å². The molecule has 0 spiro atoms. The Kier molecular flexibility index (Phi) is 5.34. The Balaban J connectivity index is 1.56. The zero-order valence-corrected chi connectivity index (χ0v) is 19.9. The molecule has 0 bridgehead atoms. The first-order chi connectivity index (χ1) is 14.8. The van der Waals surface area contributed by atoms with E-state index in [2.05, 4.69) is 51.7 Å². The third-order valence-corrected chi connectivity index (χ3v) is 9.76. The van der Waals surface area contributed by atoms with Crippen LogP contribution in [0.5, 0.6) is 0 Å². The Morgan fingerprint density at radius 1 is 1.10 bits per heavy atom. The van der Waals surface area contributed by atoms with Crippen LogP contribution in [0, 0.1) is 40.8 Å². The SMILES string of the molecule is C=C1C=C2CCC3C(C2CC1)C(c1ccc(NC(C)C)c(F)c1)CC1(C)C(C)CCC31. The van der Waals surface area contributed by atoms with Crippen LogP contribution >= 0.6 is 0 Å². The summed E-state index contributed by atoms with van der Waals surface area (Å²) in [4.78, 5) is 0. The molecule has 0 saturated heterocycles. The highest BCUT2D eigenvalue weighted by molar-refractivity contribution is 5.48. The summed E-state index contributed by atoms with van der Waals surface area (Å²) in [7, 11) is 0. The lowest BCUT2D eigenvalue weighted by Gasteiger charge is -2.57. The van der Waals surface area contributed by atoms with Crippen LogP contribution in [-0.4, -0.2) is 6.04 Å². The van der Waals surface area contributed by atoms with Crippen molar-refractivity contribution in [2.24, 2.45) is 35.0 Å². The number of anilines is 1. The fraction of sp³-hybridized carbons (Fsp3) is 0.655. The van der Waals surface area contributed by atoms with E-state index in [1.807, 2.05) is 12.1 Å². The number of allylic oxidation sites excluding steroid dienone is 3. The fourth-order valence-corrected chi connectivity index (χ4v) is 8.19. The number of rotatable bonds is 3. The highest BCUT2D eigenvalue weighted by Gasteiger charge is 2.58. The maximum atomic E-state index is 15.1. The Morgan fingerprint density at radius 3 is 2.65 bits per heavy atom. The molecule has 7 atom stereocenters. The van der Waals surface area contributed by atoms with Gasteiger partial charge in [0.15, 0.2) is 0 Å². The zero-order chi connectivity index (χ0) is 21.9. The molecular formula is C29H40FN. The lowest BCUT2D eigenvalue weighted by Crippen LogP contribution is -2.49. The molecule has 31 heavy (non-hydrogen) atoms. The number of hydrogen-bond donors (Lipinski definition) is 1. The van der Waals surface area contributed by atoms with E-state index in [4.69, 9.17) is 0 Å². The predicted molar refractivity (Wildman–Crippen MR) is 129 cm³/mol. The number of fused-ring (bicyclic) bond motifs is 5. The van der Waals surface area contributed by atoms with Crippen molar-refractivity contribution in [2.45, 2.75) is 84.6 Å². The van der Waals surface area contributed by atoms with Gasteiger partial charge in [-0.1, -0.05) is 43.7 Å². The van der Waals surface area contributed by atoms with E-state index in [-0.39, 0.29) is 11.9 Å². The van der Waals surface area contributed by atoms with Gasteiger partial charge >= 0.3 is 0 Å². The normalized spacial score (nSPS) is 39.5. The van der Waals surface area contributed by atoms with Gasteiger partial charge in [-0.05, 0) is 117 Å². The summed E-state index contributed by atoms with van der Waals surface area (Å²) >= 11 is 0. The maximum absolute atomic E-state index is 15.1. The van der Waals surface area contributed by atoms with Crippen molar-refractivity contribution in [3.05, 3.63) is 53.4 Å². The van der Waals surface area contributed by atoms with Crippen molar-refractivity contribution in [3.63, 3.8) is 0 Å². The molecular weight excluding hydrogens is 381 g/mol. The molecule has 0 aromatic heterocycles. The average molecular weight is 422 g/mol. The van der Waals surface area contributed by atoms with E-state index in [1.165, 1.54) is 49.7 Å². The van der Waals surface area contributed by atoms with Gasteiger partial charge in [0.05, 0.1) is 5.69 Å². The van der Waals surface area contributed by atoms with Crippen molar-refractivity contribution < 1.29 is 4.39 Å². The molecule has 0 heterocycles. The van der Waals surface area contributed by atoms with E-state index in [0.717, 1.165) is 24.2 Å². The van der Waals surface area contributed by atoms with Crippen molar-refractivity contribution in [1.82, 2.24) is 0 Å². The monoisotopic (exact) mass is 421 g/mol. The van der Waals surface area contributed by atoms with Gasteiger partial charge in [0.25, 0.3) is 0 Å². The van der Waals surface area contributed by atoms with E-state index in [1.54, 1.807) is 5.57 Å². The molecule has 2 heteroatoms. The molecule has 0 radical (unpaired) electrons. The molecule has 1 nitrogen and oxygen atoms in total. The number of benzene rings is 1. The fourth-order valence-electron chi connectivity index (χ4n) is 8.19. The van der Waals surface area contributed by atoms with Gasteiger partial charge in [-0.2, -0.15) is 0 Å². The number of nitrogens with one attached hydrogen (secondary N) is 1. The maximum Gasteiger partial charge on any atom is 0.146 e. The van der Waals surface area contributed by atoms with Crippen molar-refractivity contribution >= 4 is 5.69 Å². The topological polar surface area (TPSA) is 12.0 Å². The second-order valence-corrected chi connectivity index (χ2v) is 11.7. The number of halogens is 1. The highest BCUT2D eigenvalue weighted by atomic mass is 19.1. The first kappa shape index (κ1) is 21.3. The molecule has 4 aliphatic carbocycles. The van der Waals surface area contributed by atoms with Crippen molar-refractivity contribution in [3.8, 4) is 0 Å². The van der Waals surface area contributed by atoms with E-state index in [0.29, 0.717) is 28.9 Å². The molecule has 7 unspecified atom stereocenters. The Bertz CT molecular complexity index is 898. The molecule has 5 rings (SSSR count). The van der Waals surface area contributed by atoms with Crippen LogP contribution in [0.1, 0.15) is 84.1 Å². The Morgan fingerprint density at radius 2 is 1.90 bits per heavy atom. The Labute approximate surface area is 188 Å². The van der Waals surface area contributed by atoms with Gasteiger partial charge in [0, 0.05) is 6.04 Å². The Hall–Kier alpha value is -1.57. The summed E-state index contributed by atoms with van der Waals surface area (Å²) < 4.78 is 15.1. The van der Waals surface area contributed by atoms with E-state index >= 15 is 4.39 Å². The summed E-state index contributed by atoms with van der Waals surface area (Å²) in [5, 5.41) is 3.27. The van der Waals surface area contributed by atoms with Crippen LogP contribution in [0.15, 0.2) is 42.0 Å². The molecule has 0 amide bonds. The van der Waals surface area contributed by atoms with Crippen LogP contribution in [0.4, 0.5) is 10.1 Å². The summed E-state index contributed by atoms with van der Waals surface area (Å²) in [6.45, 7) is 13.4. The van der Waals surface area contributed by atoms with Gasteiger partial charge in [-0.15, -0.1) is 0 Å². The molecule has 1 aromatic rings. The molecule has 1 N–H and O–H groups in total.